The van der Waals surface area contributed by atoms with Gasteiger partial charge >= 0.3 is 0 Å². The first-order valence-corrected chi connectivity index (χ1v) is 11.0. The quantitative estimate of drug-likeness (QED) is 0.638. The number of nitrogens with zero attached hydrogens (tertiary/aromatic N) is 2. The Morgan fingerprint density at radius 2 is 1.55 bits per heavy atom. The molecule has 1 amide bonds. The molecular weight excluding hydrogens is 412 g/mol. The predicted molar refractivity (Wildman–Crippen MR) is 129 cm³/mol. The Bertz CT molecular complexity index is 872. The van der Waals surface area contributed by atoms with Crippen molar-refractivity contribution in [1.29, 1.82) is 0 Å². The zero-order valence-electron chi connectivity index (χ0n) is 18.3. The van der Waals surface area contributed by atoms with Crippen LogP contribution in [0.2, 0.25) is 0 Å². The number of anilines is 2. The molecule has 1 fully saturated rings. The standard InChI is InChI=1S/C23H30N4O3S/c1-4-29-20-14-17(15-21(16-20)30-5-2)22(28)25-23(31)24-18-6-8-19(9-7-18)27-12-10-26(3)11-13-27/h6-9,14-16H,4-5,10-13H2,1-3H3,(H2,24,25,28,31). The van der Waals surface area contributed by atoms with Gasteiger partial charge in [-0.25, -0.2) is 0 Å². The third-order valence-electron chi connectivity index (χ3n) is 4.98. The number of nitrogens with one attached hydrogen (secondary N) is 2. The van der Waals surface area contributed by atoms with Gasteiger partial charge in [0, 0.05) is 49.2 Å². The molecule has 166 valence electrons. The van der Waals surface area contributed by atoms with Crippen molar-refractivity contribution >= 4 is 34.6 Å². The van der Waals surface area contributed by atoms with E-state index in [-0.39, 0.29) is 11.0 Å². The molecule has 0 bridgehead atoms. The van der Waals surface area contributed by atoms with Crippen LogP contribution in [0.3, 0.4) is 0 Å². The molecule has 31 heavy (non-hydrogen) atoms. The van der Waals surface area contributed by atoms with Crippen molar-refractivity contribution in [2.75, 3.05) is 56.7 Å². The Kier molecular flexibility index (Phi) is 8.08. The monoisotopic (exact) mass is 442 g/mol. The van der Waals surface area contributed by atoms with Gasteiger partial charge in [-0.15, -0.1) is 0 Å². The van der Waals surface area contributed by atoms with E-state index in [9.17, 15) is 4.79 Å². The summed E-state index contributed by atoms with van der Waals surface area (Å²) in [4.78, 5) is 17.4. The Balaban J connectivity index is 1.59. The van der Waals surface area contributed by atoms with Crippen LogP contribution < -0.4 is 25.0 Å². The van der Waals surface area contributed by atoms with Gasteiger partial charge in [0.25, 0.3) is 5.91 Å². The first kappa shape index (κ1) is 22.8. The summed E-state index contributed by atoms with van der Waals surface area (Å²) in [6.07, 6.45) is 0. The highest BCUT2D eigenvalue weighted by atomic mass is 32.1. The fourth-order valence-corrected chi connectivity index (χ4v) is 3.57. The molecule has 3 rings (SSSR count). The van der Waals surface area contributed by atoms with Crippen LogP contribution in [0.25, 0.3) is 0 Å². The van der Waals surface area contributed by atoms with Crippen LogP contribution in [0.4, 0.5) is 11.4 Å². The molecular formula is C23H30N4O3S. The van der Waals surface area contributed by atoms with Crippen LogP contribution in [0.5, 0.6) is 11.5 Å². The molecule has 0 saturated carbocycles. The summed E-state index contributed by atoms with van der Waals surface area (Å²) < 4.78 is 11.1. The molecule has 1 saturated heterocycles. The van der Waals surface area contributed by atoms with Crippen molar-refractivity contribution in [3.8, 4) is 11.5 Å². The van der Waals surface area contributed by atoms with Crippen molar-refractivity contribution in [2.45, 2.75) is 13.8 Å². The first-order chi connectivity index (χ1) is 15.0. The van der Waals surface area contributed by atoms with E-state index >= 15 is 0 Å². The smallest absolute Gasteiger partial charge is 0.257 e. The molecule has 2 N–H and O–H groups in total. The summed E-state index contributed by atoms with van der Waals surface area (Å²) in [5, 5.41) is 6.02. The maximum atomic E-state index is 12.7. The molecule has 1 aliphatic rings. The minimum atomic E-state index is -0.325. The maximum absolute atomic E-state index is 12.7. The first-order valence-electron chi connectivity index (χ1n) is 10.5. The number of hydrogen-bond donors (Lipinski definition) is 2. The van der Waals surface area contributed by atoms with Gasteiger partial charge in [-0.3, -0.25) is 10.1 Å². The molecule has 8 heteroatoms. The fourth-order valence-electron chi connectivity index (χ4n) is 3.36. The number of piperazine rings is 1. The normalized spacial score (nSPS) is 14.1. The number of thiocarbonyl (C=S) groups is 1. The van der Waals surface area contributed by atoms with Gasteiger partial charge in [-0.2, -0.15) is 0 Å². The summed E-state index contributed by atoms with van der Waals surface area (Å²) >= 11 is 5.33. The second kappa shape index (κ2) is 11.0. The third kappa shape index (κ3) is 6.57. The second-order valence-corrected chi connectivity index (χ2v) is 7.71. The molecule has 2 aromatic carbocycles. The predicted octanol–water partition coefficient (Wildman–Crippen LogP) is 3.36. The molecule has 7 nitrogen and oxygen atoms in total. The number of benzene rings is 2. The summed E-state index contributed by atoms with van der Waals surface area (Å²) in [6.45, 7) is 8.94. The summed E-state index contributed by atoms with van der Waals surface area (Å²) in [7, 11) is 2.14. The molecule has 1 aliphatic heterocycles. The van der Waals surface area contributed by atoms with Crippen LogP contribution in [0.15, 0.2) is 42.5 Å². The van der Waals surface area contributed by atoms with E-state index in [1.165, 1.54) is 5.69 Å². The van der Waals surface area contributed by atoms with Gasteiger partial charge in [0.15, 0.2) is 5.11 Å². The summed E-state index contributed by atoms with van der Waals surface area (Å²) in [6, 6.07) is 13.2. The highest BCUT2D eigenvalue weighted by Crippen LogP contribution is 2.23. The zero-order valence-corrected chi connectivity index (χ0v) is 19.1. The third-order valence-corrected chi connectivity index (χ3v) is 5.19. The van der Waals surface area contributed by atoms with Crippen molar-refractivity contribution in [2.24, 2.45) is 0 Å². The largest absolute Gasteiger partial charge is 0.494 e. The lowest BCUT2D eigenvalue weighted by atomic mass is 10.2. The number of carbonyl (C=O) groups excluding carboxylic acids is 1. The van der Waals surface area contributed by atoms with Crippen LogP contribution in [-0.2, 0) is 0 Å². The van der Waals surface area contributed by atoms with E-state index in [0.29, 0.717) is 30.3 Å². The number of ether oxygens (including phenoxy) is 2. The Labute approximate surface area is 189 Å². The molecule has 0 radical (unpaired) electrons. The number of likely N-dealkylation sites (N-methyl/N-ethyl adjacent to an activating group) is 1. The van der Waals surface area contributed by atoms with Crippen molar-refractivity contribution in [3.63, 3.8) is 0 Å². The fraction of sp³-hybridized carbons (Fsp3) is 0.391. The van der Waals surface area contributed by atoms with Gasteiger partial charge in [-0.05, 0) is 69.5 Å². The molecule has 0 spiro atoms. The van der Waals surface area contributed by atoms with Crippen LogP contribution in [0, 0.1) is 0 Å². The van der Waals surface area contributed by atoms with E-state index < -0.39 is 0 Å². The number of rotatable bonds is 7. The number of carbonyl (C=O) groups is 1. The van der Waals surface area contributed by atoms with Crippen molar-refractivity contribution < 1.29 is 14.3 Å². The van der Waals surface area contributed by atoms with Crippen LogP contribution >= 0.6 is 12.2 Å². The van der Waals surface area contributed by atoms with E-state index in [0.717, 1.165) is 31.9 Å². The Morgan fingerprint density at radius 1 is 0.968 bits per heavy atom. The molecule has 0 aromatic heterocycles. The van der Waals surface area contributed by atoms with Crippen LogP contribution in [0.1, 0.15) is 24.2 Å². The van der Waals surface area contributed by atoms with Gasteiger partial charge in [0.1, 0.15) is 11.5 Å². The van der Waals surface area contributed by atoms with Gasteiger partial charge < -0.3 is 24.6 Å². The average molecular weight is 443 g/mol. The molecule has 0 unspecified atom stereocenters. The lowest BCUT2D eigenvalue weighted by molar-refractivity contribution is 0.0976. The lowest BCUT2D eigenvalue weighted by Gasteiger charge is -2.34. The van der Waals surface area contributed by atoms with E-state index in [1.807, 2.05) is 26.0 Å². The summed E-state index contributed by atoms with van der Waals surface area (Å²) in [5.74, 6) is 0.836. The SMILES string of the molecule is CCOc1cc(OCC)cc(C(=O)NC(=S)Nc2ccc(N3CCN(C)CC3)cc2)c1. The molecule has 2 aromatic rings. The number of amides is 1. The topological polar surface area (TPSA) is 66.1 Å². The Hall–Kier alpha value is -2.84. The van der Waals surface area contributed by atoms with Crippen molar-refractivity contribution in [3.05, 3.63) is 48.0 Å². The minimum Gasteiger partial charge on any atom is -0.494 e. The van der Waals surface area contributed by atoms with Gasteiger partial charge in [0.2, 0.25) is 0 Å². The molecule has 0 aliphatic carbocycles. The summed E-state index contributed by atoms with van der Waals surface area (Å²) in [5.41, 5.74) is 2.43. The van der Waals surface area contributed by atoms with Crippen molar-refractivity contribution in [1.82, 2.24) is 10.2 Å². The highest BCUT2D eigenvalue weighted by Gasteiger charge is 2.15. The molecule has 1 heterocycles. The van der Waals surface area contributed by atoms with E-state index in [4.69, 9.17) is 21.7 Å². The van der Waals surface area contributed by atoms with Gasteiger partial charge in [0.05, 0.1) is 13.2 Å². The van der Waals surface area contributed by atoms with E-state index in [1.54, 1.807) is 18.2 Å². The number of hydrogen-bond acceptors (Lipinski definition) is 6. The second-order valence-electron chi connectivity index (χ2n) is 7.30. The maximum Gasteiger partial charge on any atom is 0.257 e. The van der Waals surface area contributed by atoms with Gasteiger partial charge in [-0.1, -0.05) is 0 Å². The average Bonchev–Trinajstić information content (AvgIpc) is 2.75. The lowest BCUT2D eigenvalue weighted by Crippen LogP contribution is -2.44. The molecule has 0 atom stereocenters. The highest BCUT2D eigenvalue weighted by molar-refractivity contribution is 7.80. The van der Waals surface area contributed by atoms with E-state index in [2.05, 4.69) is 39.6 Å². The van der Waals surface area contributed by atoms with Crippen LogP contribution in [-0.4, -0.2) is 62.4 Å². The zero-order chi connectivity index (χ0) is 22.2. The Morgan fingerprint density at radius 3 is 2.10 bits per heavy atom. The minimum absolute atomic E-state index is 0.233.